The molecule has 0 aromatic carbocycles. The maximum Gasteiger partial charge on any atom is 0.418 e. The summed E-state index contributed by atoms with van der Waals surface area (Å²) in [7, 11) is 0. The predicted octanol–water partition coefficient (Wildman–Crippen LogP) is 3.78. The van der Waals surface area contributed by atoms with Crippen LogP contribution in [0.2, 0.25) is 0 Å². The van der Waals surface area contributed by atoms with Crippen LogP contribution in [0.25, 0.3) is 22.4 Å². The zero-order valence-corrected chi connectivity index (χ0v) is 16.1. The van der Waals surface area contributed by atoms with Gasteiger partial charge in [-0.3, -0.25) is 5.10 Å². The molecule has 9 heteroatoms. The van der Waals surface area contributed by atoms with Gasteiger partial charge in [-0.1, -0.05) is 11.6 Å². The second-order valence-corrected chi connectivity index (χ2v) is 7.29. The van der Waals surface area contributed by atoms with Gasteiger partial charge in [0.2, 0.25) is 0 Å². The highest BCUT2D eigenvalue weighted by atomic mass is 19.4. The fourth-order valence-electron chi connectivity index (χ4n) is 3.57. The standard InChI is InChI=1S/C20H21F3N6/c1-12(2)10-13-11-29(9-8-24-13)16-6-5-15(20(21,22)23)18(26-16)17-14-4-3-7-25-19(14)28-27-17/h3-7,10,13,24H,8-9,11H2,1-2H3,(H,25,27,28). The smallest absolute Gasteiger partial charge is 0.353 e. The van der Waals surface area contributed by atoms with E-state index in [-0.39, 0.29) is 17.4 Å². The molecule has 0 radical (unpaired) electrons. The molecular weight excluding hydrogens is 381 g/mol. The summed E-state index contributed by atoms with van der Waals surface area (Å²) in [6.45, 7) is 6.05. The molecule has 1 unspecified atom stereocenters. The highest BCUT2D eigenvalue weighted by Crippen LogP contribution is 2.38. The van der Waals surface area contributed by atoms with Gasteiger partial charge in [0.15, 0.2) is 5.65 Å². The van der Waals surface area contributed by atoms with Crippen molar-refractivity contribution in [2.75, 3.05) is 24.5 Å². The van der Waals surface area contributed by atoms with Crippen molar-refractivity contribution >= 4 is 16.9 Å². The molecule has 0 aliphatic carbocycles. The van der Waals surface area contributed by atoms with E-state index in [4.69, 9.17) is 0 Å². The van der Waals surface area contributed by atoms with Crippen molar-refractivity contribution < 1.29 is 13.2 Å². The summed E-state index contributed by atoms with van der Waals surface area (Å²) in [6.07, 6.45) is -0.866. The molecule has 4 rings (SSSR count). The molecule has 2 N–H and O–H groups in total. The number of piperazine rings is 1. The van der Waals surface area contributed by atoms with Crippen LogP contribution in [-0.2, 0) is 6.18 Å². The Morgan fingerprint density at radius 1 is 1.21 bits per heavy atom. The Morgan fingerprint density at radius 2 is 2.03 bits per heavy atom. The van der Waals surface area contributed by atoms with Gasteiger partial charge < -0.3 is 10.2 Å². The molecule has 1 aliphatic heterocycles. The molecule has 152 valence electrons. The van der Waals surface area contributed by atoms with Gasteiger partial charge in [0.1, 0.15) is 17.2 Å². The molecule has 3 aromatic rings. The number of anilines is 1. The van der Waals surface area contributed by atoms with Crippen LogP contribution in [0.3, 0.4) is 0 Å². The van der Waals surface area contributed by atoms with Crippen LogP contribution >= 0.6 is 0 Å². The first-order chi connectivity index (χ1) is 13.8. The minimum atomic E-state index is -4.54. The molecular formula is C20H21F3N6. The molecule has 1 fully saturated rings. The number of allylic oxidation sites excluding steroid dienone is 1. The topological polar surface area (TPSA) is 69.7 Å². The van der Waals surface area contributed by atoms with Crippen LogP contribution in [0.5, 0.6) is 0 Å². The van der Waals surface area contributed by atoms with Gasteiger partial charge in [-0.15, -0.1) is 0 Å². The van der Waals surface area contributed by atoms with Crippen molar-refractivity contribution in [3.63, 3.8) is 0 Å². The van der Waals surface area contributed by atoms with E-state index in [0.717, 1.165) is 12.6 Å². The van der Waals surface area contributed by atoms with E-state index >= 15 is 0 Å². The number of hydrogen-bond donors (Lipinski definition) is 2. The van der Waals surface area contributed by atoms with E-state index in [1.165, 1.54) is 11.6 Å². The average Bonchev–Trinajstić information content (AvgIpc) is 3.10. The lowest BCUT2D eigenvalue weighted by Crippen LogP contribution is -2.50. The molecule has 1 atom stereocenters. The van der Waals surface area contributed by atoms with E-state index < -0.39 is 11.7 Å². The number of fused-ring (bicyclic) bond motifs is 1. The summed E-state index contributed by atoms with van der Waals surface area (Å²) < 4.78 is 41.1. The van der Waals surface area contributed by atoms with Crippen molar-refractivity contribution in [1.82, 2.24) is 25.5 Å². The number of nitrogens with zero attached hydrogens (tertiary/aromatic N) is 4. The summed E-state index contributed by atoms with van der Waals surface area (Å²) in [5, 5.41) is 10.7. The fraction of sp³-hybridized carbons (Fsp3) is 0.350. The maximum absolute atomic E-state index is 13.7. The third-order valence-electron chi connectivity index (χ3n) is 4.81. The number of pyridine rings is 2. The van der Waals surface area contributed by atoms with Crippen LogP contribution < -0.4 is 10.2 Å². The van der Waals surface area contributed by atoms with Crippen molar-refractivity contribution in [2.45, 2.75) is 26.1 Å². The molecule has 0 amide bonds. The van der Waals surface area contributed by atoms with Crippen LogP contribution in [0.4, 0.5) is 19.0 Å². The van der Waals surface area contributed by atoms with Gasteiger partial charge >= 0.3 is 6.18 Å². The maximum atomic E-state index is 13.7. The third kappa shape index (κ3) is 3.95. The first kappa shape index (κ1) is 19.4. The van der Waals surface area contributed by atoms with Gasteiger partial charge in [-0.2, -0.15) is 18.3 Å². The Bertz CT molecular complexity index is 1050. The summed E-state index contributed by atoms with van der Waals surface area (Å²) in [5.74, 6) is 0.502. The highest BCUT2D eigenvalue weighted by Gasteiger charge is 2.36. The molecule has 0 spiro atoms. The van der Waals surface area contributed by atoms with Crippen LogP contribution in [0.1, 0.15) is 19.4 Å². The van der Waals surface area contributed by atoms with Gasteiger partial charge in [0, 0.05) is 37.3 Å². The number of aromatic amines is 1. The largest absolute Gasteiger partial charge is 0.418 e. The van der Waals surface area contributed by atoms with Crippen molar-refractivity contribution in [3.05, 3.63) is 47.7 Å². The summed E-state index contributed by atoms with van der Waals surface area (Å²) in [5.41, 5.74) is 0.758. The SMILES string of the molecule is CC(C)=CC1CN(c2ccc(C(F)(F)F)c(-c3n[nH]c4ncccc34)n2)CCN1. The third-order valence-corrected chi connectivity index (χ3v) is 4.81. The van der Waals surface area contributed by atoms with E-state index in [2.05, 4.69) is 31.6 Å². The lowest BCUT2D eigenvalue weighted by molar-refractivity contribution is -0.137. The lowest BCUT2D eigenvalue weighted by atomic mass is 10.1. The molecule has 0 saturated carbocycles. The number of hydrogen-bond acceptors (Lipinski definition) is 5. The minimum Gasteiger partial charge on any atom is -0.353 e. The van der Waals surface area contributed by atoms with Gasteiger partial charge in [-0.05, 0) is 38.1 Å². The summed E-state index contributed by atoms with van der Waals surface area (Å²) in [4.78, 5) is 10.5. The van der Waals surface area contributed by atoms with Crippen LogP contribution in [0, 0.1) is 0 Å². The Hall–Kier alpha value is -2.94. The number of rotatable bonds is 3. The first-order valence-electron chi connectivity index (χ1n) is 9.34. The Morgan fingerprint density at radius 3 is 2.79 bits per heavy atom. The summed E-state index contributed by atoms with van der Waals surface area (Å²) in [6, 6.07) is 6.00. The number of alkyl halides is 3. The second-order valence-electron chi connectivity index (χ2n) is 7.29. The van der Waals surface area contributed by atoms with Crippen LogP contribution in [0.15, 0.2) is 42.1 Å². The zero-order chi connectivity index (χ0) is 20.6. The first-order valence-corrected chi connectivity index (χ1v) is 9.34. The quantitative estimate of drug-likeness (QED) is 0.653. The Labute approximate surface area is 165 Å². The zero-order valence-electron chi connectivity index (χ0n) is 16.1. The number of aromatic nitrogens is 4. The van der Waals surface area contributed by atoms with Gasteiger partial charge in [0.25, 0.3) is 0 Å². The molecule has 0 bridgehead atoms. The lowest BCUT2D eigenvalue weighted by Gasteiger charge is -2.33. The molecule has 6 nitrogen and oxygen atoms in total. The number of halogens is 3. The number of H-pyrrole nitrogens is 1. The minimum absolute atomic E-state index is 0.122. The van der Waals surface area contributed by atoms with E-state index in [9.17, 15) is 13.2 Å². The predicted molar refractivity (Wildman–Crippen MR) is 106 cm³/mol. The normalized spacial score (nSPS) is 17.6. The fourth-order valence-corrected chi connectivity index (χ4v) is 3.57. The molecule has 1 aliphatic rings. The van der Waals surface area contributed by atoms with Gasteiger partial charge in [-0.25, -0.2) is 9.97 Å². The Balaban J connectivity index is 1.79. The average molecular weight is 402 g/mol. The van der Waals surface area contributed by atoms with Crippen molar-refractivity contribution in [2.24, 2.45) is 0 Å². The summed E-state index contributed by atoms with van der Waals surface area (Å²) >= 11 is 0. The van der Waals surface area contributed by atoms with Crippen molar-refractivity contribution in [3.8, 4) is 11.4 Å². The molecule has 1 saturated heterocycles. The van der Waals surface area contributed by atoms with E-state index in [0.29, 0.717) is 29.9 Å². The Kier molecular flexibility index (Phi) is 4.99. The van der Waals surface area contributed by atoms with Crippen molar-refractivity contribution in [1.29, 1.82) is 0 Å². The van der Waals surface area contributed by atoms with Gasteiger partial charge in [0.05, 0.1) is 5.56 Å². The van der Waals surface area contributed by atoms with E-state index in [1.54, 1.807) is 18.3 Å². The van der Waals surface area contributed by atoms with Crippen LogP contribution in [-0.4, -0.2) is 45.8 Å². The van der Waals surface area contributed by atoms with E-state index in [1.807, 2.05) is 18.7 Å². The molecule has 3 aromatic heterocycles. The molecule has 29 heavy (non-hydrogen) atoms. The molecule has 4 heterocycles. The second kappa shape index (κ2) is 7.47. The number of nitrogens with one attached hydrogen (secondary N) is 2. The monoisotopic (exact) mass is 402 g/mol. The highest BCUT2D eigenvalue weighted by molar-refractivity contribution is 5.90.